The van der Waals surface area contributed by atoms with Gasteiger partial charge in [-0.1, -0.05) is 108 Å². The Bertz CT molecular complexity index is 5250. The average Bonchev–Trinajstić information content (AvgIpc) is 1.75. The van der Waals surface area contributed by atoms with Gasteiger partial charge in [-0.3, -0.25) is 86.9 Å². The van der Waals surface area contributed by atoms with Gasteiger partial charge < -0.3 is 125 Å². The molecule has 3 aromatic carbocycles. The van der Waals surface area contributed by atoms with Gasteiger partial charge in [-0.05, 0) is 124 Å². The van der Waals surface area contributed by atoms with Crippen LogP contribution in [0.3, 0.4) is 0 Å². The lowest BCUT2D eigenvalue weighted by atomic mass is 10.00. The van der Waals surface area contributed by atoms with E-state index in [2.05, 4.69) is 78.4 Å². The first-order chi connectivity index (χ1) is 64.4. The first-order valence-corrected chi connectivity index (χ1v) is 45.6. The molecule has 2 fully saturated rings. The number of unbranched alkanes of at least 4 members (excludes halogenated alkanes) is 2. The molecule has 6 heterocycles. The maximum absolute atomic E-state index is 15.8. The number of fused-ring (bicyclic) bond motifs is 4. The topological polar surface area (TPSA) is 641 Å². The third-order valence-corrected chi connectivity index (χ3v) is 24.4. The Hall–Kier alpha value is -14.3. The summed E-state index contributed by atoms with van der Waals surface area (Å²) >= 11 is 0. The van der Waals surface area contributed by atoms with E-state index in [1.807, 2.05) is 13.8 Å². The normalized spacial score (nSPS) is 24.3. The number of nitrogens with one attached hydrogen (secondary N) is 15. The van der Waals surface area contributed by atoms with E-state index in [1.165, 1.54) is 69.8 Å². The van der Waals surface area contributed by atoms with Gasteiger partial charge in [0.2, 0.25) is 100 Å². The van der Waals surface area contributed by atoms with E-state index in [-0.39, 0.29) is 115 Å². The summed E-state index contributed by atoms with van der Waals surface area (Å²) in [6.07, 6.45) is 7.62. The van der Waals surface area contributed by atoms with E-state index >= 15 is 38.4 Å². The van der Waals surface area contributed by atoms with Gasteiger partial charge in [-0.2, -0.15) is 0 Å². The van der Waals surface area contributed by atoms with Crippen LogP contribution in [0.4, 0.5) is 0 Å². The molecule has 0 saturated carbocycles. The number of carbonyl (C=O) groups is 17. The summed E-state index contributed by atoms with van der Waals surface area (Å²) in [7, 11) is 3.91. The summed E-state index contributed by atoms with van der Waals surface area (Å²) in [5.41, 5.74) is 19.9. The lowest BCUT2D eigenvalue weighted by Crippen LogP contribution is -2.62. The van der Waals surface area contributed by atoms with Crippen molar-refractivity contribution < 1.29 is 91.7 Å². The van der Waals surface area contributed by atoms with Crippen LogP contribution in [0, 0.1) is 11.3 Å². The van der Waals surface area contributed by atoms with Crippen molar-refractivity contribution in [1.29, 1.82) is 5.41 Å². The van der Waals surface area contributed by atoms with Crippen molar-refractivity contribution in [2.45, 2.75) is 241 Å². The van der Waals surface area contributed by atoms with Crippen LogP contribution in [0.5, 0.6) is 5.75 Å². The number of benzene rings is 3. The first kappa shape index (κ1) is 104. The molecule has 0 spiro atoms. The molecule has 23 N–H and O–H groups in total. The van der Waals surface area contributed by atoms with Crippen molar-refractivity contribution in [3.63, 3.8) is 0 Å². The number of para-hydroxylation sites is 2. The number of hydrogen-bond donors (Lipinski definition) is 20. The van der Waals surface area contributed by atoms with Gasteiger partial charge in [-0.25, -0.2) is 4.98 Å². The molecule has 0 aliphatic carbocycles. The number of phenols is 1. The number of imidazole rings is 1. The van der Waals surface area contributed by atoms with Crippen molar-refractivity contribution in [2.24, 2.45) is 23.1 Å². The fourth-order valence-corrected chi connectivity index (χ4v) is 16.9. The zero-order valence-electron chi connectivity index (χ0n) is 77.3. The van der Waals surface area contributed by atoms with Crippen LogP contribution in [-0.4, -0.2) is 300 Å². The number of aliphatic hydroxyl groups is 1. The summed E-state index contributed by atoms with van der Waals surface area (Å²) in [5.74, 6) is -16.6. The Morgan fingerprint density at radius 2 is 1.02 bits per heavy atom. The minimum absolute atomic E-state index is 0.00177. The SMILES string of the molecule is CCCCC1C(=O)N(C)C(CCCC)C(=O)NC(CCCNC(=N)N)C(=O)NC(C(=O)NCC(N)=O)C/C=C/C(=O)NC(Cc2ccc(O)cc2)C(=O)N(C)C(C)C(=O)NC(CC(N)=O)C(=O)N2CCCC2C(=O)NC(Cc2cnc[nH]2)C(=O)NC(CC(C)C)C(=O)N2CCCC2C(=O)NC(Cc2c[nH]c3ccccc23)C(=O)NC(CO)C(=O)NC(Cc2c[nH]c3ccccc23)C(=O)N1C. The highest BCUT2D eigenvalue weighted by molar-refractivity contribution is 6.03. The summed E-state index contributed by atoms with van der Waals surface area (Å²) < 4.78 is 0. The number of hydrogen-bond acceptors (Lipinski definition) is 21. The molecule has 43 nitrogen and oxygen atoms in total. The number of rotatable bonds is 26. The molecule has 3 aromatic heterocycles. The molecule has 3 aliphatic rings. The Morgan fingerprint density at radius 1 is 0.519 bits per heavy atom. The Labute approximate surface area is 780 Å². The predicted octanol–water partition coefficient (Wildman–Crippen LogP) is -1.69. The lowest BCUT2D eigenvalue weighted by molar-refractivity contribution is -0.149. The summed E-state index contributed by atoms with van der Waals surface area (Å²) in [6.45, 7) is 6.60. The number of nitrogens with zero attached hydrogens (tertiary/aromatic N) is 6. The van der Waals surface area contributed by atoms with Gasteiger partial charge in [0.25, 0.3) is 0 Å². The average molecular weight is 1870 g/mol. The number of carbonyl (C=O) groups excluding carboxylic acids is 17. The van der Waals surface area contributed by atoms with Gasteiger partial charge in [0.15, 0.2) is 5.96 Å². The molecule has 14 unspecified atom stereocenters. The number of aromatic amines is 3. The van der Waals surface area contributed by atoms with Crippen LogP contribution in [-0.2, 0) is 107 Å². The number of amides is 17. The zero-order chi connectivity index (χ0) is 98.4. The molecule has 14 atom stereocenters. The van der Waals surface area contributed by atoms with E-state index in [9.17, 15) is 53.4 Å². The zero-order valence-corrected chi connectivity index (χ0v) is 77.3. The standard InChI is InChI=1S/C92H128N24O19/c1-9-11-27-71-84(128)105-63(26-18-36-98-92(95)96)80(124)104-62(79(123)101-48-76(94)120)25-17-31-77(121)103-67(40-53-32-34-57(118)35-33-53)87(131)112(6)52(5)78(122)108-69(44-75(93)119)90(134)116-38-20-30-73(116)86(130)107-65(43-56-47-97-50-102-56)82(126)109-66(39-51(3)4)89(133)115-37-19-29-72(115)85(129)106-64(41-54-45-99-60-23-15-13-21-58(54)60)81(125)111-70(49-117)83(127)110-68(42-55-46-100-61-24-16-14-22-59(55)61)88(132)114(8)74(28-12-10-2)91(135)113(71)7/h13-17,21-24,31-35,45-47,50-52,62-74,99-100,117-118H,9-12,18-20,25-30,36-44,48-49H2,1-8H3,(H2,93,119)(H2,94,120)(H,97,102)(H,101,123)(H,103,121)(H,104,124)(H,105,128)(H,106,129)(H,107,130)(H,108,122)(H,109,126)(H,110,127)(H,111,125)(H4,95,96,98)/b31-17+. The van der Waals surface area contributed by atoms with E-state index in [4.69, 9.17) is 22.6 Å². The number of phenolic OH excluding ortho intramolecular Hbond substituents is 1. The molecular formula is C92H128N24O19. The lowest BCUT2D eigenvalue weighted by Gasteiger charge is -2.36. The van der Waals surface area contributed by atoms with E-state index < -0.39 is 217 Å². The molecule has 0 bridgehead atoms. The second kappa shape index (κ2) is 50.0. The summed E-state index contributed by atoms with van der Waals surface area (Å²) in [6, 6.07) is -1.58. The summed E-state index contributed by atoms with van der Waals surface area (Å²) in [4.78, 5) is 269. The van der Waals surface area contributed by atoms with Crippen molar-refractivity contribution in [3.8, 4) is 5.75 Å². The molecule has 730 valence electrons. The number of aliphatic hydroxyl groups excluding tert-OH is 1. The van der Waals surface area contributed by atoms with Gasteiger partial charge in [0.1, 0.15) is 90.3 Å². The number of aromatic hydroxyl groups is 1. The minimum Gasteiger partial charge on any atom is -0.508 e. The second-order valence-electron chi connectivity index (χ2n) is 34.8. The van der Waals surface area contributed by atoms with E-state index in [1.54, 1.807) is 74.8 Å². The van der Waals surface area contributed by atoms with Crippen molar-refractivity contribution in [1.82, 2.24) is 103 Å². The van der Waals surface area contributed by atoms with Crippen LogP contribution in [0.2, 0.25) is 0 Å². The number of H-pyrrole nitrogens is 3. The van der Waals surface area contributed by atoms with Crippen LogP contribution in [0.15, 0.2) is 110 Å². The molecule has 6 aromatic rings. The molecule has 0 radical (unpaired) electrons. The monoisotopic (exact) mass is 1870 g/mol. The van der Waals surface area contributed by atoms with Gasteiger partial charge in [0, 0.05) is 113 Å². The molecule has 2 saturated heterocycles. The fourth-order valence-electron chi connectivity index (χ4n) is 16.9. The molecule has 9 rings (SSSR count). The number of guanidine groups is 1. The molecule has 17 amide bonds. The summed E-state index contributed by atoms with van der Waals surface area (Å²) in [5, 5.41) is 59.8. The first-order valence-electron chi connectivity index (χ1n) is 45.6. The Morgan fingerprint density at radius 3 is 1.58 bits per heavy atom. The quantitative estimate of drug-likeness (QED) is 0.0164. The minimum atomic E-state index is -1.85. The largest absolute Gasteiger partial charge is 0.508 e. The van der Waals surface area contributed by atoms with Crippen molar-refractivity contribution in [3.05, 3.63) is 132 Å². The smallest absolute Gasteiger partial charge is 0.246 e. The van der Waals surface area contributed by atoms with Crippen LogP contribution in [0.25, 0.3) is 21.8 Å². The highest BCUT2D eigenvalue weighted by Gasteiger charge is 2.46. The van der Waals surface area contributed by atoms with Crippen molar-refractivity contribution >= 4 is 128 Å². The Kier molecular flexibility index (Phi) is 38.7. The Balaban J connectivity index is 1.11. The molecule has 43 heteroatoms. The maximum Gasteiger partial charge on any atom is 0.246 e. The third kappa shape index (κ3) is 29.1. The highest BCUT2D eigenvalue weighted by Crippen LogP contribution is 2.28. The maximum atomic E-state index is 15.8. The van der Waals surface area contributed by atoms with Crippen LogP contribution < -0.4 is 75.7 Å². The number of primary amides is 2. The van der Waals surface area contributed by atoms with Gasteiger partial charge in [-0.15, -0.1) is 0 Å². The van der Waals surface area contributed by atoms with Crippen molar-refractivity contribution in [2.75, 3.05) is 53.9 Å². The fraction of sp³-hybridized carbons (Fsp3) is 0.511. The second-order valence-corrected chi connectivity index (χ2v) is 34.8. The van der Waals surface area contributed by atoms with E-state index in [0.717, 1.165) is 31.8 Å². The molecular weight excluding hydrogens is 1750 g/mol. The number of aromatic nitrogens is 4. The third-order valence-electron chi connectivity index (χ3n) is 24.4. The van der Waals surface area contributed by atoms with Gasteiger partial charge >= 0.3 is 0 Å². The molecule has 3 aliphatic heterocycles. The molecule has 135 heavy (non-hydrogen) atoms. The highest BCUT2D eigenvalue weighted by atomic mass is 16.3. The van der Waals surface area contributed by atoms with E-state index in [0.29, 0.717) is 69.9 Å². The van der Waals surface area contributed by atoms with Crippen LogP contribution >= 0.6 is 0 Å². The number of nitrogens with two attached hydrogens (primary N) is 3. The number of likely N-dealkylation sites (N-methyl/N-ethyl adjacent to an activating group) is 3. The van der Waals surface area contributed by atoms with Gasteiger partial charge in [0.05, 0.1) is 25.9 Å². The van der Waals surface area contributed by atoms with Crippen LogP contribution in [0.1, 0.15) is 153 Å². The predicted molar refractivity (Wildman–Crippen MR) is 495 cm³/mol.